The van der Waals surface area contributed by atoms with Gasteiger partial charge in [-0.05, 0) is 46.9 Å². The summed E-state index contributed by atoms with van der Waals surface area (Å²) >= 11 is 0. The predicted octanol–water partition coefficient (Wildman–Crippen LogP) is 6.26. The second-order valence-electron chi connectivity index (χ2n) is 8.66. The lowest BCUT2D eigenvalue weighted by atomic mass is 9.86. The van der Waals surface area contributed by atoms with Crippen LogP contribution in [0, 0.1) is 5.92 Å². The zero-order valence-electron chi connectivity index (χ0n) is 17.7. The number of alkyl halides is 3. The van der Waals surface area contributed by atoms with Gasteiger partial charge in [0.2, 0.25) is 0 Å². The van der Waals surface area contributed by atoms with Gasteiger partial charge in [-0.2, -0.15) is 13.2 Å². The third kappa shape index (κ3) is 5.41. The minimum atomic E-state index is -4.08. The molecule has 0 radical (unpaired) electrons. The lowest BCUT2D eigenvalue weighted by Gasteiger charge is -2.31. The van der Waals surface area contributed by atoms with E-state index < -0.39 is 12.6 Å². The van der Waals surface area contributed by atoms with Crippen molar-refractivity contribution in [1.29, 1.82) is 0 Å². The molecule has 0 amide bonds. The van der Waals surface area contributed by atoms with Gasteiger partial charge in [-0.15, -0.1) is 5.73 Å². The summed E-state index contributed by atoms with van der Waals surface area (Å²) in [5.41, 5.74) is 8.60. The fourth-order valence-electron chi connectivity index (χ4n) is 4.98. The lowest BCUT2D eigenvalue weighted by molar-refractivity contribution is -0.145. The summed E-state index contributed by atoms with van der Waals surface area (Å²) < 4.78 is 38.7. The van der Waals surface area contributed by atoms with Gasteiger partial charge >= 0.3 is 6.18 Å². The van der Waals surface area contributed by atoms with Crippen LogP contribution in [0.15, 0.2) is 66.5 Å². The molecule has 1 N–H and O–H groups in total. The largest absolute Gasteiger partial charge is 0.389 e. The van der Waals surface area contributed by atoms with Gasteiger partial charge in [-0.25, -0.2) is 0 Å². The molecule has 2 aliphatic rings. The highest BCUT2D eigenvalue weighted by Gasteiger charge is 2.38. The Morgan fingerprint density at radius 1 is 1.00 bits per heavy atom. The topological polar surface area (TPSA) is 15.3 Å². The van der Waals surface area contributed by atoms with Crippen molar-refractivity contribution in [3.05, 3.63) is 77.7 Å². The second-order valence-corrected chi connectivity index (χ2v) is 8.66. The van der Waals surface area contributed by atoms with Gasteiger partial charge in [0.1, 0.15) is 0 Å². The van der Waals surface area contributed by atoms with Crippen molar-refractivity contribution in [3.8, 4) is 11.1 Å². The maximum atomic E-state index is 12.9. The second kappa shape index (κ2) is 9.33. The van der Waals surface area contributed by atoms with E-state index in [0.29, 0.717) is 6.42 Å². The number of nitrogens with one attached hydrogen (secondary N) is 1. The van der Waals surface area contributed by atoms with Gasteiger partial charge in [-0.3, -0.25) is 0 Å². The van der Waals surface area contributed by atoms with E-state index in [2.05, 4.69) is 46.8 Å². The SMILES string of the molecule is C=C=C1CNCCN1Cc1ccc(-c2ccc(C3CCCC3CC(F)(F)F)cc2)cc1. The maximum Gasteiger partial charge on any atom is 0.389 e. The van der Waals surface area contributed by atoms with Crippen molar-refractivity contribution < 1.29 is 13.2 Å². The molecule has 2 unspecified atom stereocenters. The monoisotopic (exact) mass is 426 g/mol. The number of hydrogen-bond acceptors (Lipinski definition) is 2. The molecule has 164 valence electrons. The average Bonchev–Trinajstić information content (AvgIpc) is 3.21. The van der Waals surface area contributed by atoms with Gasteiger partial charge < -0.3 is 10.2 Å². The van der Waals surface area contributed by atoms with Crippen LogP contribution >= 0.6 is 0 Å². The molecule has 0 spiro atoms. The highest BCUT2D eigenvalue weighted by atomic mass is 19.4. The Hall–Kier alpha value is -2.49. The highest BCUT2D eigenvalue weighted by Crippen LogP contribution is 2.45. The van der Waals surface area contributed by atoms with Crippen molar-refractivity contribution >= 4 is 0 Å². The van der Waals surface area contributed by atoms with Crippen LogP contribution in [0.1, 0.15) is 42.7 Å². The summed E-state index contributed by atoms with van der Waals surface area (Å²) in [6, 6.07) is 16.6. The Labute approximate surface area is 182 Å². The molecule has 2 nitrogen and oxygen atoms in total. The van der Waals surface area contributed by atoms with Crippen LogP contribution in [-0.2, 0) is 6.54 Å². The van der Waals surface area contributed by atoms with Crippen molar-refractivity contribution in [2.24, 2.45) is 5.92 Å². The lowest BCUT2D eigenvalue weighted by Crippen LogP contribution is -2.40. The van der Waals surface area contributed by atoms with E-state index in [1.165, 1.54) is 5.56 Å². The zero-order valence-corrected chi connectivity index (χ0v) is 17.7. The molecule has 1 saturated heterocycles. The van der Waals surface area contributed by atoms with Crippen LogP contribution in [0.5, 0.6) is 0 Å². The minimum absolute atomic E-state index is 0.0178. The standard InChI is InChI=1S/C26H29F3N2/c1-2-24-17-30-14-15-31(24)18-19-6-8-20(9-7-19)21-10-12-22(13-11-21)25-5-3-4-23(25)16-26(27,28)29/h6-13,23,25,30H,1,3-5,14-18H2. The summed E-state index contributed by atoms with van der Waals surface area (Å²) in [7, 11) is 0. The first kappa shape index (κ1) is 21.7. The first-order valence-electron chi connectivity index (χ1n) is 11.0. The Morgan fingerprint density at radius 3 is 2.32 bits per heavy atom. The number of piperazine rings is 1. The van der Waals surface area contributed by atoms with E-state index in [1.54, 1.807) is 0 Å². The smallest absolute Gasteiger partial charge is 0.362 e. The quantitative estimate of drug-likeness (QED) is 0.568. The van der Waals surface area contributed by atoms with Gasteiger partial charge in [0.15, 0.2) is 0 Å². The van der Waals surface area contributed by atoms with E-state index in [-0.39, 0.29) is 11.8 Å². The van der Waals surface area contributed by atoms with Gasteiger partial charge in [0.25, 0.3) is 0 Å². The molecular formula is C26H29F3N2. The molecule has 4 rings (SSSR count). The van der Waals surface area contributed by atoms with Crippen molar-refractivity contribution in [3.63, 3.8) is 0 Å². The first-order chi connectivity index (χ1) is 14.9. The zero-order chi connectivity index (χ0) is 21.8. The number of rotatable bonds is 5. The summed E-state index contributed by atoms with van der Waals surface area (Å²) in [5, 5.41) is 3.33. The molecule has 2 aromatic carbocycles. The third-order valence-electron chi connectivity index (χ3n) is 6.59. The third-order valence-corrected chi connectivity index (χ3v) is 6.59. The molecular weight excluding hydrogens is 397 g/mol. The van der Waals surface area contributed by atoms with Crippen molar-refractivity contribution in [2.75, 3.05) is 19.6 Å². The molecule has 0 aromatic heterocycles. The van der Waals surface area contributed by atoms with E-state index in [1.807, 2.05) is 24.3 Å². The fourth-order valence-corrected chi connectivity index (χ4v) is 4.98. The molecule has 1 aliphatic carbocycles. The number of nitrogens with zero attached hydrogens (tertiary/aromatic N) is 1. The Bertz CT molecular complexity index is 925. The average molecular weight is 427 g/mol. The summed E-state index contributed by atoms with van der Waals surface area (Å²) in [5.74, 6) is -0.270. The van der Waals surface area contributed by atoms with Crippen LogP contribution in [0.4, 0.5) is 13.2 Å². The molecule has 0 bridgehead atoms. The molecule has 2 aromatic rings. The number of halogens is 3. The van der Waals surface area contributed by atoms with Crippen LogP contribution in [0.3, 0.4) is 0 Å². The van der Waals surface area contributed by atoms with Gasteiger partial charge in [0.05, 0.1) is 5.70 Å². The Kier molecular flexibility index (Phi) is 6.54. The van der Waals surface area contributed by atoms with Crippen LogP contribution in [0.2, 0.25) is 0 Å². The molecule has 1 aliphatic heterocycles. The van der Waals surface area contributed by atoms with Crippen LogP contribution < -0.4 is 5.32 Å². The predicted molar refractivity (Wildman–Crippen MR) is 119 cm³/mol. The van der Waals surface area contributed by atoms with Crippen molar-refractivity contribution in [1.82, 2.24) is 10.2 Å². The van der Waals surface area contributed by atoms with E-state index in [4.69, 9.17) is 0 Å². The minimum Gasteiger partial charge on any atom is -0.362 e. The number of benzene rings is 2. The Balaban J connectivity index is 1.43. The van der Waals surface area contributed by atoms with Crippen molar-refractivity contribution in [2.45, 2.75) is 44.3 Å². The number of hydrogen-bond donors (Lipinski definition) is 1. The normalized spacial score (nSPS) is 21.9. The van der Waals surface area contributed by atoms with Gasteiger partial charge in [-0.1, -0.05) is 61.5 Å². The maximum absolute atomic E-state index is 12.9. The van der Waals surface area contributed by atoms with E-state index >= 15 is 0 Å². The highest BCUT2D eigenvalue weighted by molar-refractivity contribution is 5.64. The summed E-state index contributed by atoms with van der Waals surface area (Å²) in [6.07, 6.45) is -2.35. The Morgan fingerprint density at radius 2 is 1.68 bits per heavy atom. The fraction of sp³-hybridized carbons (Fsp3) is 0.423. The summed E-state index contributed by atoms with van der Waals surface area (Å²) in [6.45, 7) is 7.33. The summed E-state index contributed by atoms with van der Waals surface area (Å²) in [4.78, 5) is 2.30. The first-order valence-corrected chi connectivity index (χ1v) is 11.0. The van der Waals surface area contributed by atoms with Crippen LogP contribution in [0.25, 0.3) is 11.1 Å². The van der Waals surface area contributed by atoms with Gasteiger partial charge in [0, 0.05) is 32.6 Å². The van der Waals surface area contributed by atoms with E-state index in [0.717, 1.165) is 61.4 Å². The molecule has 31 heavy (non-hydrogen) atoms. The molecule has 2 atom stereocenters. The molecule has 2 fully saturated rings. The molecule has 1 saturated carbocycles. The van der Waals surface area contributed by atoms with Crippen LogP contribution in [-0.4, -0.2) is 30.7 Å². The van der Waals surface area contributed by atoms with E-state index in [9.17, 15) is 13.2 Å². The molecule has 1 heterocycles. The molecule has 5 heteroatoms.